The monoisotopic (exact) mass is 199 g/mol. The van der Waals surface area contributed by atoms with Crippen LogP contribution < -0.4 is 5.32 Å². The van der Waals surface area contributed by atoms with Crippen molar-refractivity contribution < 1.29 is 5.11 Å². The average molecular weight is 199 g/mol. The van der Waals surface area contributed by atoms with Crippen LogP contribution in [-0.4, -0.2) is 24.3 Å². The highest BCUT2D eigenvalue weighted by molar-refractivity contribution is 4.70. The van der Waals surface area contributed by atoms with Gasteiger partial charge in [-0.15, -0.1) is 0 Å². The van der Waals surface area contributed by atoms with Crippen LogP contribution in [0.2, 0.25) is 0 Å². The molecule has 14 heavy (non-hydrogen) atoms. The van der Waals surface area contributed by atoms with Gasteiger partial charge in [0.15, 0.2) is 0 Å². The van der Waals surface area contributed by atoms with Gasteiger partial charge in [-0.25, -0.2) is 0 Å². The van der Waals surface area contributed by atoms with Gasteiger partial charge in [0.2, 0.25) is 0 Å². The molecule has 2 heteroatoms. The van der Waals surface area contributed by atoms with E-state index in [0.717, 1.165) is 18.9 Å². The van der Waals surface area contributed by atoms with E-state index in [1.54, 1.807) is 0 Å². The Labute approximate surface area is 88.1 Å². The maximum absolute atomic E-state index is 9.05. The number of hydrogen-bond donors (Lipinski definition) is 2. The Morgan fingerprint density at radius 2 is 1.86 bits per heavy atom. The summed E-state index contributed by atoms with van der Waals surface area (Å²) in [5.74, 6) is 0.859. The smallest absolute Gasteiger partial charge is 0.0584 e. The van der Waals surface area contributed by atoms with Crippen LogP contribution in [0.15, 0.2) is 0 Å². The number of nitrogens with one attached hydrogen (secondary N) is 1. The van der Waals surface area contributed by atoms with Crippen molar-refractivity contribution in [1.82, 2.24) is 5.32 Å². The van der Waals surface area contributed by atoms with E-state index in [9.17, 15) is 0 Å². The fourth-order valence-corrected chi connectivity index (χ4v) is 2.24. The number of rotatable bonds is 5. The number of hydrogen-bond acceptors (Lipinski definition) is 2. The van der Waals surface area contributed by atoms with Gasteiger partial charge >= 0.3 is 0 Å². The predicted molar refractivity (Wildman–Crippen MR) is 60.4 cm³/mol. The molecular formula is C12H25NO. The van der Waals surface area contributed by atoms with E-state index < -0.39 is 0 Å². The van der Waals surface area contributed by atoms with Crippen molar-refractivity contribution in [1.29, 1.82) is 0 Å². The molecule has 1 aliphatic rings. The van der Waals surface area contributed by atoms with Crippen molar-refractivity contribution in [2.24, 2.45) is 5.92 Å². The summed E-state index contributed by atoms with van der Waals surface area (Å²) in [5.41, 5.74) is 0. The normalized spacial score (nSPS) is 21.9. The standard InChI is InChI=1S/C12H25NO/c1-2-12(10-14)13-9-11-7-5-3-4-6-8-11/h11-14H,2-10H2,1H3/t12-/m1/s1. The maximum Gasteiger partial charge on any atom is 0.0584 e. The Hall–Kier alpha value is -0.0800. The van der Waals surface area contributed by atoms with E-state index in [-0.39, 0.29) is 6.61 Å². The Morgan fingerprint density at radius 3 is 2.36 bits per heavy atom. The highest BCUT2D eigenvalue weighted by Crippen LogP contribution is 2.22. The lowest BCUT2D eigenvalue weighted by Crippen LogP contribution is -2.35. The molecule has 0 heterocycles. The van der Waals surface area contributed by atoms with Crippen molar-refractivity contribution in [2.75, 3.05) is 13.2 Å². The molecule has 0 saturated heterocycles. The minimum Gasteiger partial charge on any atom is -0.395 e. The molecule has 0 aromatic rings. The van der Waals surface area contributed by atoms with E-state index >= 15 is 0 Å². The first-order valence-corrected chi connectivity index (χ1v) is 6.21. The molecule has 0 unspecified atom stereocenters. The summed E-state index contributed by atoms with van der Waals surface area (Å²) < 4.78 is 0. The van der Waals surface area contributed by atoms with E-state index in [0.29, 0.717) is 6.04 Å². The molecule has 0 aromatic heterocycles. The first kappa shape index (κ1) is 12.0. The number of aliphatic hydroxyl groups excluding tert-OH is 1. The second kappa shape index (κ2) is 7.24. The molecule has 1 fully saturated rings. The van der Waals surface area contributed by atoms with Gasteiger partial charge in [0, 0.05) is 6.04 Å². The zero-order valence-electron chi connectivity index (χ0n) is 9.47. The lowest BCUT2D eigenvalue weighted by Gasteiger charge is -2.19. The minimum absolute atomic E-state index is 0.281. The van der Waals surface area contributed by atoms with Gasteiger partial charge < -0.3 is 10.4 Å². The highest BCUT2D eigenvalue weighted by Gasteiger charge is 2.13. The first-order chi connectivity index (χ1) is 6.86. The van der Waals surface area contributed by atoms with E-state index in [1.807, 2.05) is 0 Å². The van der Waals surface area contributed by atoms with Crippen LogP contribution in [0, 0.1) is 5.92 Å². The molecular weight excluding hydrogens is 174 g/mol. The number of aliphatic hydroxyl groups is 1. The molecule has 2 nitrogen and oxygen atoms in total. The summed E-state index contributed by atoms with van der Waals surface area (Å²) in [6.07, 6.45) is 9.46. The highest BCUT2D eigenvalue weighted by atomic mass is 16.3. The van der Waals surface area contributed by atoms with Crippen molar-refractivity contribution in [3.05, 3.63) is 0 Å². The van der Waals surface area contributed by atoms with Crippen molar-refractivity contribution in [3.63, 3.8) is 0 Å². The predicted octanol–water partition coefficient (Wildman–Crippen LogP) is 2.32. The Morgan fingerprint density at radius 1 is 1.21 bits per heavy atom. The molecule has 1 aliphatic carbocycles. The van der Waals surface area contributed by atoms with Gasteiger partial charge in [-0.05, 0) is 31.7 Å². The van der Waals surface area contributed by atoms with Gasteiger partial charge in [0.25, 0.3) is 0 Å². The third kappa shape index (κ3) is 4.43. The minimum atomic E-state index is 0.281. The Kier molecular flexibility index (Phi) is 6.20. The third-order valence-electron chi connectivity index (χ3n) is 3.38. The molecule has 2 N–H and O–H groups in total. The molecule has 1 rings (SSSR count). The van der Waals surface area contributed by atoms with Crippen LogP contribution in [0.5, 0.6) is 0 Å². The molecule has 0 amide bonds. The Balaban J connectivity index is 2.14. The topological polar surface area (TPSA) is 32.3 Å². The van der Waals surface area contributed by atoms with Crippen LogP contribution in [0.25, 0.3) is 0 Å². The molecule has 0 aromatic carbocycles. The SMILES string of the molecule is CC[C@H](CO)NCC1CCCCCC1. The Bertz CT molecular complexity index is 126. The zero-order chi connectivity index (χ0) is 10.2. The van der Waals surface area contributed by atoms with Gasteiger partial charge in [-0.3, -0.25) is 0 Å². The van der Waals surface area contributed by atoms with E-state index in [1.165, 1.54) is 38.5 Å². The molecule has 0 radical (unpaired) electrons. The molecule has 0 bridgehead atoms. The van der Waals surface area contributed by atoms with Crippen LogP contribution in [0.1, 0.15) is 51.9 Å². The lowest BCUT2D eigenvalue weighted by molar-refractivity contribution is 0.231. The zero-order valence-corrected chi connectivity index (χ0v) is 9.47. The lowest BCUT2D eigenvalue weighted by atomic mass is 10.00. The quantitative estimate of drug-likeness (QED) is 0.666. The third-order valence-corrected chi connectivity index (χ3v) is 3.38. The summed E-state index contributed by atoms with van der Waals surface area (Å²) in [7, 11) is 0. The average Bonchev–Trinajstić information content (AvgIpc) is 2.48. The van der Waals surface area contributed by atoms with E-state index in [4.69, 9.17) is 5.11 Å². The van der Waals surface area contributed by atoms with Gasteiger partial charge in [-0.2, -0.15) is 0 Å². The van der Waals surface area contributed by atoms with Gasteiger partial charge in [0.1, 0.15) is 0 Å². The summed E-state index contributed by atoms with van der Waals surface area (Å²) >= 11 is 0. The van der Waals surface area contributed by atoms with Crippen LogP contribution in [0.4, 0.5) is 0 Å². The maximum atomic E-state index is 9.05. The molecule has 0 aliphatic heterocycles. The molecule has 1 atom stereocenters. The summed E-state index contributed by atoms with van der Waals surface area (Å²) in [5, 5.41) is 12.5. The van der Waals surface area contributed by atoms with Gasteiger partial charge in [0.05, 0.1) is 6.61 Å². The largest absolute Gasteiger partial charge is 0.395 e. The van der Waals surface area contributed by atoms with Crippen LogP contribution >= 0.6 is 0 Å². The van der Waals surface area contributed by atoms with Crippen LogP contribution in [-0.2, 0) is 0 Å². The molecule has 1 saturated carbocycles. The van der Waals surface area contributed by atoms with Gasteiger partial charge in [-0.1, -0.05) is 32.6 Å². The van der Waals surface area contributed by atoms with Crippen molar-refractivity contribution in [2.45, 2.75) is 57.9 Å². The summed E-state index contributed by atoms with van der Waals surface area (Å²) in [6, 6.07) is 0.318. The first-order valence-electron chi connectivity index (χ1n) is 6.21. The summed E-state index contributed by atoms with van der Waals surface area (Å²) in [4.78, 5) is 0. The summed E-state index contributed by atoms with van der Waals surface area (Å²) in [6.45, 7) is 3.52. The fourth-order valence-electron chi connectivity index (χ4n) is 2.24. The second-order valence-electron chi connectivity index (χ2n) is 4.55. The molecule has 0 spiro atoms. The second-order valence-corrected chi connectivity index (χ2v) is 4.55. The van der Waals surface area contributed by atoms with Crippen molar-refractivity contribution >= 4 is 0 Å². The van der Waals surface area contributed by atoms with E-state index in [2.05, 4.69) is 12.2 Å². The van der Waals surface area contributed by atoms with Crippen molar-refractivity contribution in [3.8, 4) is 0 Å². The fraction of sp³-hybridized carbons (Fsp3) is 1.00. The molecule has 84 valence electrons. The van der Waals surface area contributed by atoms with Crippen LogP contribution in [0.3, 0.4) is 0 Å².